The van der Waals surface area contributed by atoms with Crippen LogP contribution in [0.25, 0.3) is 0 Å². The second-order valence-electron chi connectivity index (χ2n) is 4.86. The van der Waals surface area contributed by atoms with Crippen molar-refractivity contribution in [1.29, 1.82) is 0 Å². The van der Waals surface area contributed by atoms with Gasteiger partial charge in [-0.15, -0.1) is 6.58 Å². The van der Waals surface area contributed by atoms with Crippen LogP contribution in [0.15, 0.2) is 12.7 Å². The molecule has 0 heterocycles. The minimum absolute atomic E-state index is 0.139. The van der Waals surface area contributed by atoms with Crippen LogP contribution in [0.1, 0.15) is 41.0 Å². The van der Waals surface area contributed by atoms with E-state index in [1.807, 2.05) is 40.7 Å². The maximum absolute atomic E-state index is 11.7. The van der Waals surface area contributed by atoms with Crippen LogP contribution in [0.2, 0.25) is 0 Å². The zero-order valence-electron chi connectivity index (χ0n) is 9.31. The number of nitrogens with one attached hydrogen (secondary N) is 1. The van der Waals surface area contributed by atoms with Gasteiger partial charge in [-0.3, -0.25) is 0 Å². The van der Waals surface area contributed by atoms with Crippen molar-refractivity contribution < 1.29 is 4.21 Å². The maximum Gasteiger partial charge on any atom is 0.0975 e. The average molecular weight is 203 g/mol. The zero-order valence-corrected chi connectivity index (χ0v) is 10.1. The van der Waals surface area contributed by atoms with Gasteiger partial charge >= 0.3 is 0 Å². The summed E-state index contributed by atoms with van der Waals surface area (Å²) < 4.78 is 14.6. The van der Waals surface area contributed by atoms with Crippen LogP contribution in [0.4, 0.5) is 0 Å². The molecule has 0 radical (unpaired) electrons. The molecule has 1 N–H and O–H groups in total. The molecule has 0 aliphatic rings. The lowest BCUT2D eigenvalue weighted by molar-refractivity contribution is 0.470. The molecular formula is C10H21NOS. The minimum Gasteiger partial charge on any atom is -0.242 e. The van der Waals surface area contributed by atoms with E-state index in [4.69, 9.17) is 0 Å². The SMILES string of the molecule is C=CCC(C)(C)NS(=O)C(C)(C)C. The molecule has 1 atom stereocenters. The Kier molecular flexibility index (Phi) is 4.33. The third kappa shape index (κ3) is 5.21. The van der Waals surface area contributed by atoms with Gasteiger partial charge in [0.05, 0.1) is 15.7 Å². The molecule has 0 aromatic carbocycles. The monoisotopic (exact) mass is 203 g/mol. The molecule has 0 aliphatic heterocycles. The van der Waals surface area contributed by atoms with Crippen molar-refractivity contribution in [2.75, 3.05) is 0 Å². The lowest BCUT2D eigenvalue weighted by atomic mass is 10.0. The molecule has 0 saturated heterocycles. The lowest BCUT2D eigenvalue weighted by Gasteiger charge is -2.28. The van der Waals surface area contributed by atoms with Crippen molar-refractivity contribution in [3.8, 4) is 0 Å². The Labute approximate surface area is 84.4 Å². The summed E-state index contributed by atoms with van der Waals surface area (Å²) in [7, 11) is -1.01. The average Bonchev–Trinajstić information content (AvgIpc) is 1.83. The molecule has 1 unspecified atom stereocenters. The lowest BCUT2D eigenvalue weighted by Crippen LogP contribution is -2.45. The van der Waals surface area contributed by atoms with Gasteiger partial charge in [0, 0.05) is 5.54 Å². The summed E-state index contributed by atoms with van der Waals surface area (Å²) in [5.41, 5.74) is -0.139. The summed E-state index contributed by atoms with van der Waals surface area (Å²) in [6, 6.07) is 0. The number of hydrogen-bond donors (Lipinski definition) is 1. The fraction of sp³-hybridized carbons (Fsp3) is 0.800. The number of hydrogen-bond acceptors (Lipinski definition) is 1. The predicted octanol–water partition coefficient (Wildman–Crippen LogP) is 2.39. The second-order valence-corrected chi connectivity index (χ2v) is 6.83. The van der Waals surface area contributed by atoms with Crippen LogP contribution in [0, 0.1) is 0 Å². The summed E-state index contributed by atoms with van der Waals surface area (Å²) in [6.45, 7) is 13.6. The smallest absolute Gasteiger partial charge is 0.0975 e. The molecule has 78 valence electrons. The first-order chi connectivity index (χ1) is 5.69. The van der Waals surface area contributed by atoms with E-state index in [0.29, 0.717) is 0 Å². The topological polar surface area (TPSA) is 29.1 Å². The third-order valence-electron chi connectivity index (χ3n) is 1.58. The van der Waals surface area contributed by atoms with Crippen molar-refractivity contribution in [3.05, 3.63) is 12.7 Å². The van der Waals surface area contributed by atoms with E-state index in [9.17, 15) is 4.21 Å². The van der Waals surface area contributed by atoms with Gasteiger partial charge in [0.25, 0.3) is 0 Å². The standard InChI is InChI=1S/C10H21NOS/c1-7-8-10(5,6)11-13(12)9(2,3)4/h7,11H,1,8H2,2-6H3. The van der Waals surface area contributed by atoms with Crippen LogP contribution in [0.3, 0.4) is 0 Å². The van der Waals surface area contributed by atoms with Gasteiger partial charge in [-0.05, 0) is 41.0 Å². The first-order valence-corrected chi connectivity index (χ1v) is 5.64. The summed E-state index contributed by atoms with van der Waals surface area (Å²) in [4.78, 5) is 0. The van der Waals surface area contributed by atoms with E-state index in [0.717, 1.165) is 6.42 Å². The molecule has 0 amide bonds. The Hall–Kier alpha value is -0.150. The Bertz CT molecular complexity index is 203. The van der Waals surface area contributed by atoms with E-state index in [2.05, 4.69) is 11.3 Å². The van der Waals surface area contributed by atoms with Gasteiger partial charge in [-0.2, -0.15) is 0 Å². The van der Waals surface area contributed by atoms with Crippen molar-refractivity contribution >= 4 is 11.0 Å². The van der Waals surface area contributed by atoms with Gasteiger partial charge in [0.2, 0.25) is 0 Å². The fourth-order valence-electron chi connectivity index (χ4n) is 0.807. The molecule has 3 heteroatoms. The van der Waals surface area contributed by atoms with Gasteiger partial charge in [0.15, 0.2) is 0 Å². The van der Waals surface area contributed by atoms with Crippen molar-refractivity contribution in [2.45, 2.75) is 51.3 Å². The van der Waals surface area contributed by atoms with Crippen LogP contribution >= 0.6 is 0 Å². The first kappa shape index (κ1) is 12.8. The van der Waals surface area contributed by atoms with E-state index < -0.39 is 11.0 Å². The summed E-state index contributed by atoms with van der Waals surface area (Å²) in [6.07, 6.45) is 2.65. The van der Waals surface area contributed by atoms with E-state index in [1.54, 1.807) is 0 Å². The molecule has 0 fully saturated rings. The van der Waals surface area contributed by atoms with Crippen molar-refractivity contribution in [1.82, 2.24) is 4.72 Å². The van der Waals surface area contributed by atoms with Gasteiger partial charge in [0.1, 0.15) is 0 Å². The van der Waals surface area contributed by atoms with Gasteiger partial charge in [-0.1, -0.05) is 6.08 Å². The molecule has 0 saturated carbocycles. The van der Waals surface area contributed by atoms with E-state index in [1.165, 1.54) is 0 Å². The molecule has 0 bridgehead atoms. The molecule has 13 heavy (non-hydrogen) atoms. The molecule has 2 nitrogen and oxygen atoms in total. The van der Waals surface area contributed by atoms with Crippen molar-refractivity contribution in [2.24, 2.45) is 0 Å². The highest BCUT2D eigenvalue weighted by molar-refractivity contribution is 7.84. The molecule has 0 aromatic rings. The maximum atomic E-state index is 11.7. The van der Waals surface area contributed by atoms with Crippen molar-refractivity contribution in [3.63, 3.8) is 0 Å². The predicted molar refractivity (Wildman–Crippen MR) is 59.9 cm³/mol. The van der Waals surface area contributed by atoms with Crippen LogP contribution in [0.5, 0.6) is 0 Å². The van der Waals surface area contributed by atoms with Crippen LogP contribution < -0.4 is 4.72 Å². The van der Waals surface area contributed by atoms with E-state index >= 15 is 0 Å². The molecule has 0 aromatic heterocycles. The minimum atomic E-state index is -1.01. The Morgan fingerprint density at radius 1 is 1.31 bits per heavy atom. The Morgan fingerprint density at radius 2 is 1.77 bits per heavy atom. The van der Waals surface area contributed by atoms with Crippen LogP contribution in [-0.4, -0.2) is 14.5 Å². The third-order valence-corrected chi connectivity index (χ3v) is 3.43. The highest BCUT2D eigenvalue weighted by Crippen LogP contribution is 2.15. The Balaban J connectivity index is 4.28. The largest absolute Gasteiger partial charge is 0.242 e. The number of rotatable bonds is 4. The first-order valence-electron chi connectivity index (χ1n) is 4.49. The Morgan fingerprint density at radius 3 is 2.08 bits per heavy atom. The normalized spacial score (nSPS) is 15.5. The molecule has 0 aliphatic carbocycles. The second kappa shape index (κ2) is 4.38. The summed E-state index contributed by atoms with van der Waals surface area (Å²) >= 11 is 0. The highest BCUT2D eigenvalue weighted by atomic mass is 32.2. The quantitative estimate of drug-likeness (QED) is 0.698. The van der Waals surface area contributed by atoms with Crippen LogP contribution in [-0.2, 0) is 11.0 Å². The highest BCUT2D eigenvalue weighted by Gasteiger charge is 2.25. The van der Waals surface area contributed by atoms with Gasteiger partial charge in [-0.25, -0.2) is 8.93 Å². The molecule has 0 rings (SSSR count). The fourth-order valence-corrected chi connectivity index (χ4v) is 1.70. The summed E-state index contributed by atoms with van der Waals surface area (Å²) in [5.74, 6) is 0. The zero-order chi connectivity index (χ0) is 10.7. The molecule has 0 spiro atoms. The van der Waals surface area contributed by atoms with Gasteiger partial charge < -0.3 is 0 Å². The summed E-state index contributed by atoms with van der Waals surface area (Å²) in [5, 5.41) is 0. The molecular weight excluding hydrogens is 182 g/mol. The van der Waals surface area contributed by atoms with E-state index in [-0.39, 0.29) is 10.3 Å².